The Balaban J connectivity index is 2.27. The van der Waals surface area contributed by atoms with Crippen LogP contribution in [0.3, 0.4) is 0 Å². The van der Waals surface area contributed by atoms with Crippen LogP contribution in [-0.4, -0.2) is 35.0 Å². The second-order valence-corrected chi connectivity index (χ2v) is 4.77. The number of carbonyl (C=O) groups excluding carboxylic acids is 1. The number of nitro groups is 1. The number of nitrogens with zero attached hydrogens (tertiary/aromatic N) is 2. The van der Waals surface area contributed by atoms with E-state index in [1.807, 2.05) is 5.43 Å². The van der Waals surface area contributed by atoms with Crippen LogP contribution in [0.2, 0.25) is 0 Å². The monoisotopic (exact) mass is 349 g/mol. The second-order valence-electron chi connectivity index (χ2n) is 4.77. The normalized spacial score (nSPS) is 21.4. The van der Waals surface area contributed by atoms with Crippen LogP contribution in [0.15, 0.2) is 24.3 Å². The SMILES string of the molecule is CCOC(=O)N1NNC(C(F)(F)F)C(c2ccc([N+](=O)[O-])cc2)N1. The lowest BCUT2D eigenvalue weighted by atomic mass is 9.99. The maximum Gasteiger partial charge on any atom is 0.440 e. The molecule has 1 aromatic carbocycles. The fraction of sp³-hybridized carbons (Fsp3) is 0.417. The van der Waals surface area contributed by atoms with Crippen molar-refractivity contribution >= 4 is 11.8 Å². The molecule has 1 aliphatic rings. The quantitative estimate of drug-likeness (QED) is 0.561. The van der Waals surface area contributed by atoms with Crippen molar-refractivity contribution < 1.29 is 27.6 Å². The molecule has 1 aromatic rings. The summed E-state index contributed by atoms with van der Waals surface area (Å²) in [5.41, 5.74) is 6.25. The molecule has 2 unspecified atom stereocenters. The minimum Gasteiger partial charge on any atom is -0.448 e. The molecule has 132 valence electrons. The Morgan fingerprint density at radius 1 is 1.38 bits per heavy atom. The number of nitrogens with one attached hydrogen (secondary N) is 3. The summed E-state index contributed by atoms with van der Waals surface area (Å²) in [5.74, 6) is 0. The van der Waals surface area contributed by atoms with E-state index in [1.165, 1.54) is 12.1 Å². The third-order valence-electron chi connectivity index (χ3n) is 3.20. The number of hydrazine groups is 3. The zero-order valence-electron chi connectivity index (χ0n) is 12.3. The van der Waals surface area contributed by atoms with Crippen molar-refractivity contribution in [3.05, 3.63) is 39.9 Å². The van der Waals surface area contributed by atoms with Crippen molar-refractivity contribution in [3.63, 3.8) is 0 Å². The standard InChI is InChI=1S/C12H14F3N5O4/c1-2-24-11(21)19-17-9(10(16-18-19)12(13,14)15)7-3-5-8(6-4-7)20(22)23/h3-6,9-10,16-18H,2H2,1H3. The van der Waals surface area contributed by atoms with Gasteiger partial charge in [-0.3, -0.25) is 10.1 Å². The van der Waals surface area contributed by atoms with E-state index in [9.17, 15) is 28.1 Å². The highest BCUT2D eigenvalue weighted by Gasteiger charge is 2.49. The number of ether oxygens (including phenoxy) is 1. The number of rotatable bonds is 3. The fourth-order valence-corrected chi connectivity index (χ4v) is 2.09. The van der Waals surface area contributed by atoms with Gasteiger partial charge in [0.2, 0.25) is 0 Å². The highest BCUT2D eigenvalue weighted by atomic mass is 19.4. The van der Waals surface area contributed by atoms with Gasteiger partial charge in [0.05, 0.1) is 17.6 Å². The minimum atomic E-state index is -4.65. The van der Waals surface area contributed by atoms with E-state index < -0.39 is 29.3 Å². The molecule has 0 radical (unpaired) electrons. The predicted octanol–water partition coefficient (Wildman–Crippen LogP) is 1.55. The Morgan fingerprint density at radius 2 is 2.00 bits per heavy atom. The molecule has 0 bridgehead atoms. The summed E-state index contributed by atoms with van der Waals surface area (Å²) < 4.78 is 44.2. The molecule has 0 aliphatic carbocycles. The van der Waals surface area contributed by atoms with Crippen LogP contribution < -0.4 is 16.4 Å². The Bertz CT molecular complexity index is 610. The topological polar surface area (TPSA) is 109 Å². The lowest BCUT2D eigenvalue weighted by molar-refractivity contribution is -0.384. The molecule has 0 spiro atoms. The number of halogens is 3. The summed E-state index contributed by atoms with van der Waals surface area (Å²) in [4.78, 5) is 21.6. The van der Waals surface area contributed by atoms with Crippen LogP contribution >= 0.6 is 0 Å². The van der Waals surface area contributed by atoms with Crippen LogP contribution in [0.25, 0.3) is 0 Å². The van der Waals surface area contributed by atoms with Crippen molar-refractivity contribution in [3.8, 4) is 0 Å². The first-order chi connectivity index (χ1) is 11.2. The highest BCUT2D eigenvalue weighted by Crippen LogP contribution is 2.32. The first kappa shape index (κ1) is 17.9. The zero-order chi connectivity index (χ0) is 17.9. The van der Waals surface area contributed by atoms with Gasteiger partial charge in [0.1, 0.15) is 6.04 Å². The Kier molecular flexibility index (Phi) is 5.21. The van der Waals surface area contributed by atoms with Crippen molar-refractivity contribution in [2.45, 2.75) is 25.2 Å². The van der Waals surface area contributed by atoms with Gasteiger partial charge in [-0.05, 0) is 12.5 Å². The second kappa shape index (κ2) is 6.98. The predicted molar refractivity (Wildman–Crippen MR) is 73.9 cm³/mol. The fourth-order valence-electron chi connectivity index (χ4n) is 2.09. The summed E-state index contributed by atoms with van der Waals surface area (Å²) in [6.45, 7) is 1.57. The zero-order valence-corrected chi connectivity index (χ0v) is 12.3. The van der Waals surface area contributed by atoms with Crippen LogP contribution in [-0.2, 0) is 4.74 Å². The van der Waals surface area contributed by atoms with Gasteiger partial charge in [-0.1, -0.05) is 12.1 Å². The van der Waals surface area contributed by atoms with Gasteiger partial charge >= 0.3 is 12.3 Å². The first-order valence-corrected chi connectivity index (χ1v) is 6.79. The molecule has 2 rings (SSSR count). The van der Waals surface area contributed by atoms with Gasteiger partial charge in [0.15, 0.2) is 0 Å². The van der Waals surface area contributed by atoms with Crippen molar-refractivity contribution in [1.82, 2.24) is 21.5 Å². The van der Waals surface area contributed by atoms with Gasteiger partial charge in [-0.25, -0.2) is 15.6 Å². The number of nitro benzene ring substituents is 1. The maximum absolute atomic E-state index is 13.2. The number of hydrogen-bond donors (Lipinski definition) is 3. The van der Waals surface area contributed by atoms with E-state index in [4.69, 9.17) is 0 Å². The molecule has 1 fully saturated rings. The van der Waals surface area contributed by atoms with E-state index in [0.717, 1.165) is 12.1 Å². The summed E-state index contributed by atoms with van der Waals surface area (Å²) in [7, 11) is 0. The van der Waals surface area contributed by atoms with Crippen molar-refractivity contribution in [2.75, 3.05) is 6.61 Å². The average Bonchev–Trinajstić information content (AvgIpc) is 2.53. The molecule has 2 atom stereocenters. The van der Waals surface area contributed by atoms with E-state index in [-0.39, 0.29) is 17.9 Å². The van der Waals surface area contributed by atoms with Gasteiger partial charge in [-0.2, -0.15) is 18.3 Å². The van der Waals surface area contributed by atoms with Crippen LogP contribution in [0, 0.1) is 10.1 Å². The molecular formula is C12H14F3N5O4. The summed E-state index contributed by atoms with van der Waals surface area (Å²) in [6, 6.07) is 1.05. The van der Waals surface area contributed by atoms with E-state index in [2.05, 4.69) is 15.7 Å². The number of non-ortho nitro benzene ring substituents is 1. The van der Waals surface area contributed by atoms with E-state index in [1.54, 1.807) is 6.92 Å². The van der Waals surface area contributed by atoms with E-state index in [0.29, 0.717) is 5.12 Å². The van der Waals surface area contributed by atoms with Crippen LogP contribution in [0.5, 0.6) is 0 Å². The minimum absolute atomic E-state index is 0.0313. The summed E-state index contributed by atoms with van der Waals surface area (Å²) in [6.07, 6.45) is -5.58. The molecule has 1 amide bonds. The lowest BCUT2D eigenvalue weighted by Crippen LogP contribution is -2.71. The molecule has 0 saturated carbocycles. The van der Waals surface area contributed by atoms with Crippen LogP contribution in [0.1, 0.15) is 18.5 Å². The highest BCUT2D eigenvalue weighted by molar-refractivity contribution is 5.66. The van der Waals surface area contributed by atoms with Gasteiger partial charge in [0, 0.05) is 12.1 Å². The number of alkyl halides is 3. The largest absolute Gasteiger partial charge is 0.448 e. The van der Waals surface area contributed by atoms with Gasteiger partial charge < -0.3 is 4.74 Å². The number of hydrogen-bond acceptors (Lipinski definition) is 7. The molecule has 1 aliphatic heterocycles. The molecule has 9 nitrogen and oxygen atoms in total. The van der Waals surface area contributed by atoms with Gasteiger partial charge in [0.25, 0.3) is 5.69 Å². The molecular weight excluding hydrogens is 335 g/mol. The number of carbonyl (C=O) groups is 1. The number of amides is 1. The summed E-state index contributed by atoms with van der Waals surface area (Å²) in [5, 5.41) is 11.3. The van der Waals surface area contributed by atoms with Crippen molar-refractivity contribution in [2.24, 2.45) is 0 Å². The molecule has 0 aromatic heterocycles. The number of benzene rings is 1. The maximum atomic E-state index is 13.2. The van der Waals surface area contributed by atoms with Crippen LogP contribution in [0.4, 0.5) is 23.7 Å². The lowest BCUT2D eigenvalue weighted by Gasteiger charge is -2.40. The molecule has 12 heteroatoms. The molecule has 24 heavy (non-hydrogen) atoms. The molecule has 1 heterocycles. The molecule has 1 saturated heterocycles. The smallest absolute Gasteiger partial charge is 0.440 e. The third-order valence-corrected chi connectivity index (χ3v) is 3.20. The van der Waals surface area contributed by atoms with Gasteiger partial charge in [-0.15, -0.1) is 5.53 Å². The molecule has 3 N–H and O–H groups in total. The first-order valence-electron chi connectivity index (χ1n) is 6.79. The van der Waals surface area contributed by atoms with Crippen molar-refractivity contribution in [1.29, 1.82) is 0 Å². The Labute approximate surface area is 133 Å². The summed E-state index contributed by atoms with van der Waals surface area (Å²) >= 11 is 0. The Morgan fingerprint density at radius 3 is 2.50 bits per heavy atom. The van der Waals surface area contributed by atoms with E-state index >= 15 is 0 Å². The third kappa shape index (κ3) is 3.90. The Hall–Kier alpha value is -2.44. The average molecular weight is 349 g/mol.